The van der Waals surface area contributed by atoms with E-state index in [0.29, 0.717) is 0 Å². The molecule has 1 radical (unpaired) electrons. The van der Waals surface area contributed by atoms with Crippen LogP contribution in [0.25, 0.3) is 0 Å². The SMILES string of the molecule is P.[CH2-]C([CH2-])=O.[Y]. The van der Waals surface area contributed by atoms with Crippen LogP contribution in [0.2, 0.25) is 0 Å². The molecule has 0 bridgehead atoms. The van der Waals surface area contributed by atoms with Crippen molar-refractivity contribution < 1.29 is 37.5 Å². The Hall–Kier alpha value is 0.944. The first kappa shape index (κ1) is 15.8. The quantitative estimate of drug-likeness (QED) is 0.385. The van der Waals surface area contributed by atoms with Gasteiger partial charge < -0.3 is 18.6 Å². The molecular formula is C3H7OPY-2. The molecule has 0 saturated carbocycles. The zero-order valence-corrected chi connectivity index (χ0v) is 7.86. The molecule has 0 amide bonds. The van der Waals surface area contributed by atoms with Crippen LogP contribution >= 0.6 is 9.90 Å². The van der Waals surface area contributed by atoms with E-state index in [0.717, 1.165) is 0 Å². The fourth-order valence-electron chi connectivity index (χ4n) is 0. The van der Waals surface area contributed by atoms with E-state index in [4.69, 9.17) is 0 Å². The molecule has 0 heterocycles. The van der Waals surface area contributed by atoms with Gasteiger partial charge in [0.1, 0.15) is 0 Å². The Morgan fingerprint density at radius 1 is 1.33 bits per heavy atom. The Morgan fingerprint density at radius 2 is 1.33 bits per heavy atom. The van der Waals surface area contributed by atoms with Crippen molar-refractivity contribution in [3.8, 4) is 0 Å². The van der Waals surface area contributed by atoms with Crippen LogP contribution in [0.1, 0.15) is 0 Å². The molecule has 0 spiro atoms. The molecule has 0 saturated heterocycles. The van der Waals surface area contributed by atoms with Gasteiger partial charge in [0, 0.05) is 32.7 Å². The fraction of sp³-hybridized carbons (Fsp3) is 0. The van der Waals surface area contributed by atoms with Gasteiger partial charge in [-0.25, -0.2) is 0 Å². The number of carbonyl (C=O) groups excluding carboxylic acids is 1. The van der Waals surface area contributed by atoms with Crippen LogP contribution in [0.15, 0.2) is 0 Å². The molecule has 6 heavy (non-hydrogen) atoms. The first-order valence-electron chi connectivity index (χ1n) is 0.911. The van der Waals surface area contributed by atoms with Gasteiger partial charge in [0.25, 0.3) is 0 Å². The van der Waals surface area contributed by atoms with Crippen LogP contribution in [0.5, 0.6) is 0 Å². The minimum Gasteiger partial charge on any atom is -0.370 e. The van der Waals surface area contributed by atoms with Crippen LogP contribution in [0, 0.1) is 13.8 Å². The Morgan fingerprint density at radius 3 is 1.33 bits per heavy atom. The summed E-state index contributed by atoms with van der Waals surface area (Å²) in [6, 6.07) is 0. The van der Waals surface area contributed by atoms with Crippen molar-refractivity contribution in [2.45, 2.75) is 0 Å². The Labute approximate surface area is 66.8 Å². The third kappa shape index (κ3) is 86.3. The van der Waals surface area contributed by atoms with Crippen molar-refractivity contribution in [3.63, 3.8) is 0 Å². The maximum atomic E-state index is 9.22. The van der Waals surface area contributed by atoms with Gasteiger partial charge in [-0.2, -0.15) is 9.90 Å². The van der Waals surface area contributed by atoms with E-state index >= 15 is 0 Å². The van der Waals surface area contributed by atoms with E-state index in [2.05, 4.69) is 13.8 Å². The molecule has 3 heteroatoms. The van der Waals surface area contributed by atoms with Crippen molar-refractivity contribution >= 4 is 15.7 Å². The molecule has 0 N–H and O–H groups in total. The van der Waals surface area contributed by atoms with Crippen LogP contribution in [-0.2, 0) is 37.5 Å². The molecule has 0 aromatic rings. The minimum absolute atomic E-state index is 0. The summed E-state index contributed by atoms with van der Waals surface area (Å²) in [5, 5.41) is 0. The first-order chi connectivity index (χ1) is 1.73. The summed E-state index contributed by atoms with van der Waals surface area (Å²) in [5.41, 5.74) is 0. The second-order valence-corrected chi connectivity index (χ2v) is 0.539. The van der Waals surface area contributed by atoms with Gasteiger partial charge in [0.05, 0.1) is 0 Å². The summed E-state index contributed by atoms with van der Waals surface area (Å²) in [4.78, 5) is 9.22. The van der Waals surface area contributed by atoms with Crippen molar-refractivity contribution in [1.82, 2.24) is 0 Å². The molecule has 1 atom stereocenters. The van der Waals surface area contributed by atoms with E-state index in [1.807, 2.05) is 0 Å². The summed E-state index contributed by atoms with van der Waals surface area (Å²) in [5.74, 6) is -0.333. The number of hydrogen-bond acceptors (Lipinski definition) is 1. The van der Waals surface area contributed by atoms with Crippen molar-refractivity contribution in [1.29, 1.82) is 0 Å². The van der Waals surface area contributed by atoms with E-state index in [1.54, 1.807) is 0 Å². The summed E-state index contributed by atoms with van der Waals surface area (Å²) in [7, 11) is 0. The second-order valence-electron chi connectivity index (χ2n) is 0.539. The minimum atomic E-state index is -0.333. The second kappa shape index (κ2) is 9.34. The number of rotatable bonds is 0. The third-order valence-electron chi connectivity index (χ3n) is 0. The zero-order chi connectivity index (χ0) is 3.58. The maximum Gasteiger partial charge on any atom is 0 e. The molecule has 0 fully saturated rings. The molecule has 1 unspecified atom stereocenters. The Kier molecular flexibility index (Phi) is 24.6. The Balaban J connectivity index is -0.0000000450. The van der Waals surface area contributed by atoms with E-state index in [-0.39, 0.29) is 48.4 Å². The van der Waals surface area contributed by atoms with E-state index in [1.165, 1.54) is 0 Å². The number of carbonyl (C=O) groups is 1. The van der Waals surface area contributed by atoms with Gasteiger partial charge in [0.2, 0.25) is 0 Å². The predicted molar refractivity (Wildman–Crippen MR) is 26.8 cm³/mol. The molecule has 1 nitrogen and oxygen atoms in total. The average Bonchev–Trinajstić information content (AvgIpc) is 0.811. The first-order valence-corrected chi connectivity index (χ1v) is 0.911. The van der Waals surface area contributed by atoms with Crippen molar-refractivity contribution in [2.75, 3.05) is 0 Å². The summed E-state index contributed by atoms with van der Waals surface area (Å²) < 4.78 is 0. The smallest absolute Gasteiger partial charge is 0 e. The van der Waals surface area contributed by atoms with Crippen LogP contribution < -0.4 is 0 Å². The molecule has 35 valence electrons. The van der Waals surface area contributed by atoms with E-state index in [9.17, 15) is 4.79 Å². The number of Topliss-reactive ketones (excluding diaryl/α,β-unsaturated/α-hetero) is 1. The molecule has 0 aromatic carbocycles. The summed E-state index contributed by atoms with van der Waals surface area (Å²) in [6.07, 6.45) is 0. The Bertz CT molecular complexity index is 33.8. The summed E-state index contributed by atoms with van der Waals surface area (Å²) in [6.45, 7) is 5.78. The molecule has 0 rings (SSSR count). The monoisotopic (exact) mass is 179 g/mol. The topological polar surface area (TPSA) is 17.1 Å². The van der Waals surface area contributed by atoms with Gasteiger partial charge in [-0.3, -0.25) is 0 Å². The van der Waals surface area contributed by atoms with E-state index < -0.39 is 0 Å². The van der Waals surface area contributed by atoms with Gasteiger partial charge in [-0.05, 0) is 0 Å². The van der Waals surface area contributed by atoms with Crippen LogP contribution in [0.3, 0.4) is 0 Å². The average molecular weight is 179 g/mol. The van der Waals surface area contributed by atoms with Crippen molar-refractivity contribution in [2.24, 2.45) is 0 Å². The standard InChI is InChI=1S/C3H4O.H3P.Y/c1-3(2)4;;/h1-2H2;1H3;/q-2;;. The molecule has 0 aliphatic carbocycles. The van der Waals surface area contributed by atoms with Gasteiger partial charge in [0.15, 0.2) is 0 Å². The molecule has 0 aliphatic heterocycles. The van der Waals surface area contributed by atoms with Gasteiger partial charge >= 0.3 is 0 Å². The summed E-state index contributed by atoms with van der Waals surface area (Å²) >= 11 is 0. The predicted octanol–water partition coefficient (Wildman–Crippen LogP) is 0.279. The molecule has 0 aromatic heterocycles. The normalized spacial score (nSPS) is 4.00. The largest absolute Gasteiger partial charge is 0.370 e. The van der Waals surface area contributed by atoms with Crippen LogP contribution in [-0.4, -0.2) is 5.78 Å². The van der Waals surface area contributed by atoms with Gasteiger partial charge in [-0.15, -0.1) is 5.78 Å². The van der Waals surface area contributed by atoms with Crippen LogP contribution in [0.4, 0.5) is 0 Å². The molecule has 0 aliphatic rings. The zero-order valence-electron chi connectivity index (χ0n) is 3.61. The number of ketones is 1. The number of hydrogen-bond donors (Lipinski definition) is 0. The third-order valence-corrected chi connectivity index (χ3v) is 0. The van der Waals surface area contributed by atoms with Gasteiger partial charge in [-0.1, -0.05) is 0 Å². The van der Waals surface area contributed by atoms with Crippen molar-refractivity contribution in [3.05, 3.63) is 13.8 Å². The maximum absolute atomic E-state index is 9.22. The molecular weight excluding hydrogens is 172 g/mol. The fourth-order valence-corrected chi connectivity index (χ4v) is 0.